The van der Waals surface area contributed by atoms with Gasteiger partial charge in [-0.05, 0) is 325 Å². The average Bonchev–Trinajstić information content (AvgIpc) is 1.60. The topological polar surface area (TPSA) is 32.4 Å². The molecule has 9 unspecified atom stereocenters. The highest BCUT2D eigenvalue weighted by Crippen LogP contribution is 2.48. The molecule has 0 aliphatic carbocycles. The van der Waals surface area contributed by atoms with E-state index in [2.05, 4.69) is 391 Å². The van der Waals surface area contributed by atoms with Gasteiger partial charge in [-0.1, -0.05) is 133 Å². The summed E-state index contributed by atoms with van der Waals surface area (Å²) in [6.07, 6.45) is 5.77. The molecule has 110 heavy (non-hydrogen) atoms. The Labute approximate surface area is 662 Å². The van der Waals surface area contributed by atoms with Gasteiger partial charge in [-0.3, -0.25) is 14.7 Å². The number of hydrogen-bond donors (Lipinski definition) is 0. The zero-order chi connectivity index (χ0) is 78.4. The molecule has 7 heterocycles. The van der Waals surface area contributed by atoms with Crippen LogP contribution in [0.15, 0.2) is 182 Å². The van der Waals surface area contributed by atoms with Crippen LogP contribution < -0.4 is 34.3 Å². The molecule has 3 fully saturated rings. The fraction of sp³-hybridized carbons (Fsp3) is 0.400. The van der Waals surface area contributed by atoms with Gasteiger partial charge in [-0.25, -0.2) is 0 Å². The summed E-state index contributed by atoms with van der Waals surface area (Å²) in [4.78, 5) is 25.3. The first-order valence-corrected chi connectivity index (χ1v) is 40.9. The van der Waals surface area contributed by atoms with E-state index in [-0.39, 0.29) is 6.17 Å². The van der Waals surface area contributed by atoms with Gasteiger partial charge in [-0.2, -0.15) is 0 Å². The van der Waals surface area contributed by atoms with Gasteiger partial charge in [0.25, 0.3) is 0 Å². The molecule has 0 saturated carbocycles. The van der Waals surface area contributed by atoms with Crippen molar-refractivity contribution in [3.05, 3.63) is 293 Å². The van der Waals surface area contributed by atoms with Gasteiger partial charge < -0.3 is 34.3 Å². The molecule has 0 spiro atoms. The first-order chi connectivity index (χ1) is 52.6. The van der Waals surface area contributed by atoms with Crippen molar-refractivity contribution in [2.45, 2.75) is 220 Å². The SMILES string of the molecule is Cc1cc(C)c(C)c(N2C3CCCN(C3)C2C)c1.Cc1cc(C)c(C)c(N2C3CN(Cc4ccccc43)C2C)c1.Cc1cc(C)c(C)c(N2CCc3ccccc3N(C)C2C)c1.Cc1cc(C)c(C)c(N2Cc3ccccc3CN(C)C2C)c1.Cc1cc(C)c(C)c(N2c3ccccc3-c3ccccc3N(C)C2C)c1. The quantitative estimate of drug-likeness (QED) is 0.166. The molecule has 9 atom stereocenters. The predicted molar refractivity (Wildman–Crippen MR) is 472 cm³/mol. The molecule has 3 saturated heterocycles. The Bertz CT molecular complexity index is 4970. The van der Waals surface area contributed by atoms with Gasteiger partial charge in [0.15, 0.2) is 0 Å². The highest BCUT2D eigenvalue weighted by Gasteiger charge is 2.44. The Morgan fingerprint density at radius 2 is 0.727 bits per heavy atom. The van der Waals surface area contributed by atoms with E-state index in [1.807, 2.05) is 0 Å². The predicted octanol–water partition coefficient (Wildman–Crippen LogP) is 22.7. The standard InChI is InChI=1S/C24H26N2.C20H24N2.2C20H26N2.C16H24N2/c1-16-14-17(2)18(3)24(15-16)26-19(4)25(5)22-12-8-6-10-20(22)21-11-7-9-13-23(21)26;1-13-9-14(2)15(3)19(10-13)22-16(4)21-11-17-7-5-6-8-18(17)20(22)12-21;1-14-10-15(2)16(3)20(11-14)22-13-19-9-7-6-8-18(19)12-21(5)17(22)4;1-14-12-15(2)16(3)20(13-14)22-11-10-18-8-6-7-9-19(18)21(5)17(22)4;1-11-8-12(2)13(3)16(9-11)18-14(4)17-7-5-6-15(18)10-17/h6-15,19H,1-5H3;5-10,16,20H,11-12H2,1-4H3;6-11,17H,12-13H2,1-5H3;6-9,12-13,17H,10-11H2,1-5H3;8-9,14-15H,5-7,10H2,1-4H3. The van der Waals surface area contributed by atoms with Crippen LogP contribution in [-0.2, 0) is 26.1 Å². The molecule has 7 aliphatic heterocycles. The summed E-state index contributed by atoms with van der Waals surface area (Å²) in [6, 6.07) is 68.4. The Kier molecular flexibility index (Phi) is 23.6. The molecule has 0 amide bonds. The normalized spacial score (nSPS) is 21.5. The molecule has 10 heteroatoms. The summed E-state index contributed by atoms with van der Waals surface area (Å²) < 4.78 is 0. The smallest absolute Gasteiger partial charge is 0.103 e. The highest BCUT2D eigenvalue weighted by atomic mass is 15.5. The second-order valence-corrected chi connectivity index (χ2v) is 33.5. The second-order valence-electron chi connectivity index (χ2n) is 33.5. The maximum atomic E-state index is 2.67. The Morgan fingerprint density at radius 1 is 0.309 bits per heavy atom. The van der Waals surface area contributed by atoms with Crippen LogP contribution in [0.4, 0.5) is 45.5 Å². The molecule has 4 bridgehead atoms. The lowest BCUT2D eigenvalue weighted by Gasteiger charge is -2.38. The van der Waals surface area contributed by atoms with Crippen molar-refractivity contribution in [3.63, 3.8) is 0 Å². The average molecular weight is 1470 g/mol. The molecule has 576 valence electrons. The zero-order valence-corrected chi connectivity index (χ0v) is 70.9. The molecule has 0 radical (unpaired) electrons. The van der Waals surface area contributed by atoms with Gasteiger partial charge in [0, 0.05) is 117 Å². The fourth-order valence-electron chi connectivity index (χ4n) is 19.0. The van der Waals surface area contributed by atoms with Crippen LogP contribution in [-0.4, -0.2) is 98.9 Å². The van der Waals surface area contributed by atoms with Gasteiger partial charge in [0.1, 0.15) is 6.17 Å². The van der Waals surface area contributed by atoms with E-state index in [0.717, 1.165) is 45.2 Å². The molecule has 10 aromatic carbocycles. The summed E-state index contributed by atoms with van der Waals surface area (Å²) in [5.74, 6) is 0. The lowest BCUT2D eigenvalue weighted by Crippen LogP contribution is -2.44. The molecule has 10 aromatic rings. The molecule has 7 aliphatic rings. The van der Waals surface area contributed by atoms with Crippen LogP contribution in [0.2, 0.25) is 0 Å². The third-order valence-electron chi connectivity index (χ3n) is 26.2. The van der Waals surface area contributed by atoms with Crippen LogP contribution in [0.5, 0.6) is 0 Å². The zero-order valence-electron chi connectivity index (χ0n) is 70.9. The maximum absolute atomic E-state index is 2.67. The number of nitrogens with zero attached hydrogens (tertiary/aromatic N) is 10. The third kappa shape index (κ3) is 15.7. The van der Waals surface area contributed by atoms with Gasteiger partial charge >= 0.3 is 0 Å². The first-order valence-electron chi connectivity index (χ1n) is 40.9. The Hall–Kier alpha value is -9.32. The number of hydrogen-bond acceptors (Lipinski definition) is 10. The highest BCUT2D eigenvalue weighted by molar-refractivity contribution is 5.92. The summed E-state index contributed by atoms with van der Waals surface area (Å²) >= 11 is 0. The number of fused-ring (bicyclic) bond motifs is 11. The van der Waals surface area contributed by atoms with Crippen molar-refractivity contribution in [3.8, 4) is 11.1 Å². The molecule has 0 aromatic heterocycles. The summed E-state index contributed by atoms with van der Waals surface area (Å²) in [7, 11) is 6.62. The van der Waals surface area contributed by atoms with Gasteiger partial charge in [0.2, 0.25) is 0 Å². The van der Waals surface area contributed by atoms with E-state index < -0.39 is 0 Å². The second kappa shape index (κ2) is 32.9. The van der Waals surface area contributed by atoms with Crippen molar-refractivity contribution in [1.82, 2.24) is 14.7 Å². The number of benzene rings is 10. The summed E-state index contributed by atoms with van der Waals surface area (Å²) in [6.45, 7) is 52.8. The van der Waals surface area contributed by atoms with Crippen molar-refractivity contribution >= 4 is 45.5 Å². The first kappa shape index (κ1) is 78.8. The van der Waals surface area contributed by atoms with E-state index in [4.69, 9.17) is 0 Å². The van der Waals surface area contributed by atoms with Crippen LogP contribution in [0.25, 0.3) is 11.1 Å². The lowest BCUT2D eigenvalue weighted by atomic mass is 9.95. The largest absolute Gasteiger partial charge is 0.354 e. The third-order valence-corrected chi connectivity index (χ3v) is 26.2. The number of rotatable bonds is 5. The number of para-hydroxylation sites is 3. The number of anilines is 8. The monoisotopic (exact) mass is 1470 g/mol. The van der Waals surface area contributed by atoms with E-state index in [1.165, 1.54) is 194 Å². The van der Waals surface area contributed by atoms with Gasteiger partial charge in [0.05, 0.1) is 36.4 Å². The maximum Gasteiger partial charge on any atom is 0.103 e. The van der Waals surface area contributed by atoms with Crippen molar-refractivity contribution in [1.29, 1.82) is 0 Å². The van der Waals surface area contributed by atoms with Crippen LogP contribution in [0, 0.1) is 104 Å². The molecule has 0 N–H and O–H groups in total. The minimum Gasteiger partial charge on any atom is -0.354 e. The lowest BCUT2D eigenvalue weighted by molar-refractivity contribution is 0.244. The van der Waals surface area contributed by atoms with E-state index in [0.29, 0.717) is 30.7 Å². The minimum atomic E-state index is 0.208. The van der Waals surface area contributed by atoms with E-state index >= 15 is 0 Å². The van der Waals surface area contributed by atoms with Gasteiger partial charge in [-0.15, -0.1) is 0 Å². The minimum absolute atomic E-state index is 0.208. The Balaban J connectivity index is 0.000000121. The van der Waals surface area contributed by atoms with Crippen LogP contribution in [0.3, 0.4) is 0 Å². The summed E-state index contributed by atoms with van der Waals surface area (Å²) in [5.41, 5.74) is 41.4. The van der Waals surface area contributed by atoms with Crippen molar-refractivity contribution < 1.29 is 0 Å². The molecular weight excluding hydrogens is 1340 g/mol. The molecule has 10 nitrogen and oxygen atoms in total. The summed E-state index contributed by atoms with van der Waals surface area (Å²) in [5, 5.41) is 0. The van der Waals surface area contributed by atoms with E-state index in [1.54, 1.807) is 0 Å². The fourth-order valence-corrected chi connectivity index (χ4v) is 19.0. The molecule has 17 rings (SSSR count). The number of piperidine rings is 1. The van der Waals surface area contributed by atoms with Crippen LogP contribution in [0.1, 0.15) is 165 Å². The Morgan fingerprint density at radius 3 is 1.29 bits per heavy atom. The number of aryl methyl sites for hydroxylation is 10. The van der Waals surface area contributed by atoms with Crippen molar-refractivity contribution in [2.24, 2.45) is 0 Å². The van der Waals surface area contributed by atoms with E-state index in [9.17, 15) is 0 Å². The van der Waals surface area contributed by atoms with Crippen molar-refractivity contribution in [2.75, 3.05) is 81.6 Å². The van der Waals surface area contributed by atoms with Crippen LogP contribution >= 0.6 is 0 Å². The molecular formula is C100H126N10.